The van der Waals surface area contributed by atoms with Gasteiger partial charge in [0, 0.05) is 4.47 Å². The zero-order valence-corrected chi connectivity index (χ0v) is 7.55. The lowest BCUT2D eigenvalue weighted by Gasteiger charge is -1.99. The predicted molar refractivity (Wildman–Crippen MR) is 47.0 cm³/mol. The number of benzene rings is 1. The van der Waals surface area contributed by atoms with Crippen LogP contribution in [0.1, 0.15) is 0 Å². The first-order chi connectivity index (χ1) is 5.27. The van der Waals surface area contributed by atoms with E-state index in [-0.39, 0.29) is 0 Å². The molecular formula is C8H6BrNO. The van der Waals surface area contributed by atoms with Crippen molar-refractivity contribution < 1.29 is 4.74 Å². The molecule has 3 heteroatoms. The van der Waals surface area contributed by atoms with Crippen molar-refractivity contribution in [2.24, 2.45) is 0 Å². The molecule has 0 aliphatic carbocycles. The number of nitrogens with zero attached hydrogens (tertiary/aromatic N) is 1. The van der Waals surface area contributed by atoms with Crippen molar-refractivity contribution >= 4 is 21.6 Å². The Labute approximate surface area is 73.7 Å². The number of hydrogen-bond acceptors (Lipinski definition) is 1. The second-order valence-electron chi connectivity index (χ2n) is 1.93. The fourth-order valence-electron chi connectivity index (χ4n) is 0.705. The first-order valence-corrected chi connectivity index (χ1v) is 3.78. The van der Waals surface area contributed by atoms with Crippen LogP contribution in [0.2, 0.25) is 0 Å². The molecule has 0 aliphatic rings. The number of ether oxygens (including phenoxy) is 1. The van der Waals surface area contributed by atoms with Crippen LogP contribution in [-0.4, -0.2) is 7.11 Å². The van der Waals surface area contributed by atoms with Gasteiger partial charge in [0.25, 0.3) is 0 Å². The van der Waals surface area contributed by atoms with Crippen LogP contribution in [0.5, 0.6) is 5.75 Å². The molecule has 0 unspecified atom stereocenters. The van der Waals surface area contributed by atoms with E-state index in [4.69, 9.17) is 11.3 Å². The summed E-state index contributed by atoms with van der Waals surface area (Å²) in [5.74, 6) is 0.754. The van der Waals surface area contributed by atoms with E-state index in [1.54, 1.807) is 25.3 Å². The zero-order valence-electron chi connectivity index (χ0n) is 5.97. The fourth-order valence-corrected chi connectivity index (χ4v) is 1.15. The van der Waals surface area contributed by atoms with E-state index in [2.05, 4.69) is 20.8 Å². The van der Waals surface area contributed by atoms with Crippen LogP contribution >= 0.6 is 15.9 Å². The Kier molecular flexibility index (Phi) is 2.50. The maximum Gasteiger partial charge on any atom is 0.201 e. The van der Waals surface area contributed by atoms with Gasteiger partial charge in [0.15, 0.2) is 0 Å². The molecule has 56 valence electrons. The van der Waals surface area contributed by atoms with Crippen LogP contribution in [0, 0.1) is 6.57 Å². The lowest BCUT2D eigenvalue weighted by atomic mass is 10.3. The summed E-state index contributed by atoms with van der Waals surface area (Å²) in [5, 5.41) is 0. The second-order valence-corrected chi connectivity index (χ2v) is 2.78. The molecule has 0 spiro atoms. The van der Waals surface area contributed by atoms with Crippen LogP contribution in [-0.2, 0) is 0 Å². The van der Waals surface area contributed by atoms with Gasteiger partial charge in [-0.3, -0.25) is 0 Å². The molecule has 0 N–H and O–H groups in total. The van der Waals surface area contributed by atoms with Crippen LogP contribution in [0.4, 0.5) is 5.69 Å². The Morgan fingerprint density at radius 1 is 1.55 bits per heavy atom. The number of halogens is 1. The fraction of sp³-hybridized carbons (Fsp3) is 0.125. The third kappa shape index (κ3) is 1.72. The van der Waals surface area contributed by atoms with Gasteiger partial charge in [-0.05, 0) is 12.1 Å². The van der Waals surface area contributed by atoms with Gasteiger partial charge in [-0.25, -0.2) is 4.85 Å². The van der Waals surface area contributed by atoms with Crippen molar-refractivity contribution in [3.05, 3.63) is 34.1 Å². The van der Waals surface area contributed by atoms with Gasteiger partial charge in [0.1, 0.15) is 5.75 Å². The SMILES string of the molecule is [C-]#[N+]c1ccc(OC)cc1Br. The monoisotopic (exact) mass is 211 g/mol. The molecule has 0 saturated carbocycles. The Morgan fingerprint density at radius 2 is 2.27 bits per heavy atom. The molecule has 1 aromatic rings. The highest BCUT2D eigenvalue weighted by atomic mass is 79.9. The first-order valence-electron chi connectivity index (χ1n) is 2.99. The highest BCUT2D eigenvalue weighted by molar-refractivity contribution is 9.10. The predicted octanol–water partition coefficient (Wildman–Crippen LogP) is 3.01. The van der Waals surface area contributed by atoms with Crippen molar-refractivity contribution in [1.82, 2.24) is 0 Å². The molecule has 11 heavy (non-hydrogen) atoms. The van der Waals surface area contributed by atoms with Gasteiger partial charge >= 0.3 is 0 Å². The van der Waals surface area contributed by atoms with E-state index in [9.17, 15) is 0 Å². The molecule has 0 bridgehead atoms. The Hall–Kier alpha value is -1.01. The molecule has 0 radical (unpaired) electrons. The first kappa shape index (κ1) is 8.09. The van der Waals surface area contributed by atoms with Crippen LogP contribution in [0.3, 0.4) is 0 Å². The quantitative estimate of drug-likeness (QED) is 0.652. The third-order valence-corrected chi connectivity index (χ3v) is 1.91. The average molecular weight is 212 g/mol. The largest absolute Gasteiger partial charge is 0.497 e. The van der Waals surface area contributed by atoms with Gasteiger partial charge in [0.2, 0.25) is 5.69 Å². The standard InChI is InChI=1S/C8H6BrNO/c1-10-8-4-3-6(11-2)5-7(8)9/h3-5H,2H3. The molecule has 0 heterocycles. The summed E-state index contributed by atoms with van der Waals surface area (Å²) >= 11 is 3.25. The normalized spacial score (nSPS) is 8.82. The smallest absolute Gasteiger partial charge is 0.201 e. The van der Waals surface area contributed by atoms with Gasteiger partial charge in [-0.2, -0.15) is 0 Å². The average Bonchev–Trinajstić information content (AvgIpc) is 2.04. The summed E-state index contributed by atoms with van der Waals surface area (Å²) in [6, 6.07) is 5.25. The Balaban J connectivity index is 3.12. The van der Waals surface area contributed by atoms with Crippen molar-refractivity contribution in [2.75, 3.05) is 7.11 Å². The van der Waals surface area contributed by atoms with Crippen LogP contribution < -0.4 is 4.74 Å². The molecule has 0 atom stereocenters. The second kappa shape index (κ2) is 3.40. The molecule has 0 saturated heterocycles. The molecule has 0 amide bonds. The molecular weight excluding hydrogens is 206 g/mol. The summed E-state index contributed by atoms with van der Waals surface area (Å²) in [4.78, 5) is 3.29. The number of methoxy groups -OCH3 is 1. The third-order valence-electron chi connectivity index (χ3n) is 1.28. The van der Waals surface area contributed by atoms with E-state index in [0.717, 1.165) is 10.2 Å². The molecule has 0 fully saturated rings. The van der Waals surface area contributed by atoms with Crippen molar-refractivity contribution in [3.8, 4) is 5.75 Å². The minimum absolute atomic E-state index is 0.603. The van der Waals surface area contributed by atoms with Crippen LogP contribution in [0.25, 0.3) is 4.85 Å². The summed E-state index contributed by atoms with van der Waals surface area (Å²) < 4.78 is 5.73. The van der Waals surface area contributed by atoms with E-state index < -0.39 is 0 Å². The Bertz CT molecular complexity index is 303. The van der Waals surface area contributed by atoms with Crippen molar-refractivity contribution in [2.45, 2.75) is 0 Å². The number of hydrogen-bond donors (Lipinski definition) is 0. The van der Waals surface area contributed by atoms with E-state index >= 15 is 0 Å². The molecule has 2 nitrogen and oxygen atoms in total. The lowest BCUT2D eigenvalue weighted by molar-refractivity contribution is 0.414. The lowest BCUT2D eigenvalue weighted by Crippen LogP contribution is -1.80. The van der Waals surface area contributed by atoms with E-state index in [1.807, 2.05) is 0 Å². The highest BCUT2D eigenvalue weighted by Crippen LogP contribution is 2.28. The Morgan fingerprint density at radius 3 is 2.73 bits per heavy atom. The summed E-state index contributed by atoms with van der Waals surface area (Å²) in [5.41, 5.74) is 0.603. The maximum atomic E-state index is 6.77. The highest BCUT2D eigenvalue weighted by Gasteiger charge is 1.99. The van der Waals surface area contributed by atoms with Gasteiger partial charge in [-0.1, -0.05) is 22.0 Å². The van der Waals surface area contributed by atoms with Crippen molar-refractivity contribution in [1.29, 1.82) is 0 Å². The summed E-state index contributed by atoms with van der Waals surface area (Å²) in [7, 11) is 1.60. The topological polar surface area (TPSA) is 13.6 Å². The van der Waals surface area contributed by atoms with Crippen molar-refractivity contribution in [3.63, 3.8) is 0 Å². The minimum atomic E-state index is 0.603. The van der Waals surface area contributed by atoms with E-state index in [0.29, 0.717) is 5.69 Å². The van der Waals surface area contributed by atoms with Gasteiger partial charge in [0.05, 0.1) is 13.7 Å². The molecule has 1 aromatic carbocycles. The van der Waals surface area contributed by atoms with E-state index in [1.165, 1.54) is 0 Å². The van der Waals surface area contributed by atoms with Gasteiger partial charge < -0.3 is 4.74 Å². The zero-order chi connectivity index (χ0) is 8.27. The summed E-state index contributed by atoms with van der Waals surface area (Å²) in [6.45, 7) is 6.77. The van der Waals surface area contributed by atoms with Gasteiger partial charge in [-0.15, -0.1) is 0 Å². The molecule has 0 aromatic heterocycles. The molecule has 0 aliphatic heterocycles. The number of rotatable bonds is 1. The maximum absolute atomic E-state index is 6.77. The van der Waals surface area contributed by atoms with Crippen LogP contribution in [0.15, 0.2) is 22.7 Å². The minimum Gasteiger partial charge on any atom is -0.497 e. The summed E-state index contributed by atoms with van der Waals surface area (Å²) in [6.07, 6.45) is 0. The molecule has 1 rings (SSSR count).